The molecule has 2 unspecified atom stereocenters. The van der Waals surface area contributed by atoms with Crippen LogP contribution in [0.4, 0.5) is 0 Å². The van der Waals surface area contributed by atoms with Crippen LogP contribution in [0.5, 0.6) is 0 Å². The molecule has 0 amide bonds. The summed E-state index contributed by atoms with van der Waals surface area (Å²) in [6.45, 7) is 0.145. The van der Waals surface area contributed by atoms with E-state index in [9.17, 15) is 18.3 Å². The van der Waals surface area contributed by atoms with Gasteiger partial charge in [-0.3, -0.25) is 9.78 Å². The second-order valence-corrected chi connectivity index (χ2v) is 7.86. The summed E-state index contributed by atoms with van der Waals surface area (Å²) < 4.78 is 27.4. The number of carbonyl (C=O) groups is 1. The van der Waals surface area contributed by atoms with Crippen LogP contribution in [0, 0.1) is 11.8 Å². The largest absolute Gasteiger partial charge is 0.481 e. The van der Waals surface area contributed by atoms with E-state index in [0.717, 1.165) is 19.3 Å². The molecule has 1 aliphatic rings. The van der Waals surface area contributed by atoms with Gasteiger partial charge in [0, 0.05) is 23.4 Å². The van der Waals surface area contributed by atoms with Crippen molar-refractivity contribution in [2.24, 2.45) is 11.8 Å². The third kappa shape index (κ3) is 4.24. The maximum Gasteiger partial charge on any atom is 0.306 e. The van der Waals surface area contributed by atoms with Gasteiger partial charge in [0.1, 0.15) is 4.90 Å². The highest BCUT2D eigenvalue weighted by Crippen LogP contribution is 2.30. The van der Waals surface area contributed by atoms with Gasteiger partial charge in [-0.25, -0.2) is 13.1 Å². The number of carboxylic acid groups (broad SMARTS) is 1. The van der Waals surface area contributed by atoms with Crippen molar-refractivity contribution in [2.45, 2.75) is 30.6 Å². The van der Waals surface area contributed by atoms with Gasteiger partial charge in [0.25, 0.3) is 0 Å². The molecule has 0 aromatic carbocycles. The number of pyridine rings is 1. The Labute approximate surface area is 132 Å². The van der Waals surface area contributed by atoms with Crippen LogP contribution in [-0.2, 0) is 14.8 Å². The average Bonchev–Trinajstić information content (AvgIpc) is 2.45. The lowest BCUT2D eigenvalue weighted by molar-refractivity contribution is -0.144. The molecule has 2 rings (SSSR count). The van der Waals surface area contributed by atoms with Gasteiger partial charge in [-0.15, -0.1) is 0 Å². The molecule has 1 aromatic heterocycles. The van der Waals surface area contributed by atoms with Crippen molar-refractivity contribution in [1.29, 1.82) is 0 Å². The number of hydrogen-bond donors (Lipinski definition) is 2. The fourth-order valence-corrected chi connectivity index (χ4v) is 4.21. The summed E-state index contributed by atoms with van der Waals surface area (Å²) in [5.41, 5.74) is 0. The van der Waals surface area contributed by atoms with E-state index >= 15 is 0 Å². The maximum atomic E-state index is 12.2. The second kappa shape index (κ2) is 6.85. The molecule has 6 nitrogen and oxygen atoms in total. The first-order chi connectivity index (χ1) is 9.90. The van der Waals surface area contributed by atoms with Crippen LogP contribution >= 0.6 is 15.9 Å². The first kappa shape index (κ1) is 16.4. The first-order valence-corrected chi connectivity index (χ1v) is 9.01. The van der Waals surface area contributed by atoms with E-state index in [0.29, 0.717) is 10.9 Å². The molecule has 8 heteroatoms. The molecule has 1 heterocycles. The van der Waals surface area contributed by atoms with Crippen LogP contribution in [-0.4, -0.2) is 31.0 Å². The van der Waals surface area contributed by atoms with Crippen molar-refractivity contribution < 1.29 is 18.3 Å². The zero-order valence-electron chi connectivity index (χ0n) is 11.3. The van der Waals surface area contributed by atoms with E-state index in [2.05, 4.69) is 25.6 Å². The number of carboxylic acids is 1. The third-order valence-electron chi connectivity index (χ3n) is 3.75. The number of nitrogens with one attached hydrogen (secondary N) is 1. The highest BCUT2D eigenvalue weighted by atomic mass is 79.9. The molecule has 0 aliphatic heterocycles. The average molecular weight is 377 g/mol. The second-order valence-electron chi connectivity index (χ2n) is 5.18. The molecule has 1 saturated carbocycles. The Morgan fingerprint density at radius 1 is 1.38 bits per heavy atom. The molecule has 1 aromatic rings. The zero-order valence-corrected chi connectivity index (χ0v) is 13.7. The van der Waals surface area contributed by atoms with Crippen molar-refractivity contribution >= 4 is 31.9 Å². The SMILES string of the molecule is O=C(O)C1CCCCC1CNS(=O)(=O)c1cncc(Br)c1. The number of sulfonamides is 1. The number of rotatable bonds is 5. The minimum Gasteiger partial charge on any atom is -0.481 e. The Morgan fingerprint density at radius 3 is 2.76 bits per heavy atom. The highest BCUT2D eigenvalue weighted by Gasteiger charge is 2.31. The van der Waals surface area contributed by atoms with E-state index in [1.165, 1.54) is 18.5 Å². The Morgan fingerprint density at radius 2 is 2.10 bits per heavy atom. The zero-order chi connectivity index (χ0) is 15.5. The molecular weight excluding hydrogens is 360 g/mol. The molecule has 1 aliphatic carbocycles. The van der Waals surface area contributed by atoms with E-state index < -0.39 is 21.9 Å². The van der Waals surface area contributed by atoms with Crippen molar-refractivity contribution in [3.05, 3.63) is 22.9 Å². The van der Waals surface area contributed by atoms with E-state index in [1.54, 1.807) is 0 Å². The molecule has 1 fully saturated rings. The summed E-state index contributed by atoms with van der Waals surface area (Å²) in [4.78, 5) is 15.1. The van der Waals surface area contributed by atoms with Gasteiger partial charge in [0.2, 0.25) is 10.0 Å². The van der Waals surface area contributed by atoms with Crippen LogP contribution in [0.15, 0.2) is 27.8 Å². The molecule has 116 valence electrons. The van der Waals surface area contributed by atoms with E-state index in [-0.39, 0.29) is 17.4 Å². The van der Waals surface area contributed by atoms with Crippen LogP contribution in [0.1, 0.15) is 25.7 Å². The topological polar surface area (TPSA) is 96.4 Å². The predicted octanol–water partition coefficient (Wildman–Crippen LogP) is 2.01. The monoisotopic (exact) mass is 376 g/mol. The molecular formula is C13H17BrN2O4S. The predicted molar refractivity (Wildman–Crippen MR) is 80.2 cm³/mol. The smallest absolute Gasteiger partial charge is 0.306 e. The van der Waals surface area contributed by atoms with Crippen molar-refractivity contribution in [2.75, 3.05) is 6.54 Å². The van der Waals surface area contributed by atoms with Crippen LogP contribution in [0.25, 0.3) is 0 Å². The standard InChI is InChI=1S/C13H17BrN2O4S/c14-10-5-11(8-15-7-10)21(19,20)16-6-9-3-1-2-4-12(9)13(17)18/h5,7-9,12,16H,1-4,6H2,(H,17,18). The van der Waals surface area contributed by atoms with Gasteiger partial charge in [0.15, 0.2) is 0 Å². The number of nitrogens with zero attached hydrogens (tertiary/aromatic N) is 1. The molecule has 0 spiro atoms. The van der Waals surface area contributed by atoms with Gasteiger partial charge in [-0.1, -0.05) is 12.8 Å². The lowest BCUT2D eigenvalue weighted by atomic mass is 9.79. The third-order valence-corrected chi connectivity index (χ3v) is 5.58. The minimum absolute atomic E-state index is 0.0690. The Hall–Kier alpha value is -0.990. The van der Waals surface area contributed by atoms with Gasteiger partial charge in [-0.2, -0.15) is 0 Å². The molecule has 0 saturated heterocycles. The Kier molecular flexibility index (Phi) is 5.34. The summed E-state index contributed by atoms with van der Waals surface area (Å²) in [6.07, 6.45) is 5.93. The fraction of sp³-hybridized carbons (Fsp3) is 0.538. The summed E-state index contributed by atoms with van der Waals surface area (Å²) in [7, 11) is -3.67. The number of aromatic nitrogens is 1. The lowest BCUT2D eigenvalue weighted by Crippen LogP contribution is -2.37. The van der Waals surface area contributed by atoms with Gasteiger partial charge in [0.05, 0.1) is 5.92 Å². The molecule has 2 N–H and O–H groups in total. The molecule has 0 bridgehead atoms. The summed E-state index contributed by atoms with van der Waals surface area (Å²) >= 11 is 3.18. The van der Waals surface area contributed by atoms with Crippen molar-refractivity contribution in [3.63, 3.8) is 0 Å². The minimum atomic E-state index is -3.67. The number of hydrogen-bond acceptors (Lipinski definition) is 4. The highest BCUT2D eigenvalue weighted by molar-refractivity contribution is 9.10. The summed E-state index contributed by atoms with van der Waals surface area (Å²) in [6, 6.07) is 1.46. The quantitative estimate of drug-likeness (QED) is 0.819. The van der Waals surface area contributed by atoms with Gasteiger partial charge in [-0.05, 0) is 40.8 Å². The number of halogens is 1. The van der Waals surface area contributed by atoms with Crippen LogP contribution in [0.3, 0.4) is 0 Å². The Bertz CT molecular complexity index is 620. The normalized spacial score (nSPS) is 22.9. The van der Waals surface area contributed by atoms with Crippen LogP contribution < -0.4 is 4.72 Å². The molecule has 0 radical (unpaired) electrons. The lowest BCUT2D eigenvalue weighted by Gasteiger charge is -2.28. The van der Waals surface area contributed by atoms with E-state index in [1.807, 2.05) is 0 Å². The Balaban J connectivity index is 2.05. The van der Waals surface area contributed by atoms with Crippen molar-refractivity contribution in [3.8, 4) is 0 Å². The van der Waals surface area contributed by atoms with Crippen molar-refractivity contribution in [1.82, 2.24) is 9.71 Å². The summed E-state index contributed by atoms with van der Waals surface area (Å²) in [5, 5.41) is 9.20. The first-order valence-electron chi connectivity index (χ1n) is 6.73. The summed E-state index contributed by atoms with van der Waals surface area (Å²) in [5.74, 6) is -1.48. The van der Waals surface area contributed by atoms with Crippen LogP contribution in [0.2, 0.25) is 0 Å². The fourth-order valence-electron chi connectivity index (χ4n) is 2.62. The van der Waals surface area contributed by atoms with Gasteiger partial charge < -0.3 is 5.11 Å². The maximum absolute atomic E-state index is 12.2. The molecule has 2 atom stereocenters. The number of aliphatic carboxylic acids is 1. The molecule has 21 heavy (non-hydrogen) atoms. The van der Waals surface area contributed by atoms with E-state index in [4.69, 9.17) is 0 Å². The van der Waals surface area contributed by atoms with Gasteiger partial charge >= 0.3 is 5.97 Å².